The van der Waals surface area contributed by atoms with Gasteiger partial charge in [0.25, 0.3) is 0 Å². The summed E-state index contributed by atoms with van der Waals surface area (Å²) in [5.74, 6) is -0.855. The lowest BCUT2D eigenvalue weighted by atomic mass is 10.1. The molecule has 6 heteroatoms. The molecule has 2 atom stereocenters. The second-order valence-corrected chi connectivity index (χ2v) is 6.69. The summed E-state index contributed by atoms with van der Waals surface area (Å²) in [7, 11) is 0. The molecule has 2 rings (SSSR count). The van der Waals surface area contributed by atoms with Crippen molar-refractivity contribution in [3.63, 3.8) is 0 Å². The molecule has 0 aromatic heterocycles. The normalized spacial score (nSPS) is 12.9. The fraction of sp³-hybridized carbons (Fsp3) is 0.333. The van der Waals surface area contributed by atoms with Crippen molar-refractivity contribution >= 4 is 17.5 Å². The molecular weight excluding hydrogens is 345 g/mol. The SMILES string of the molecule is Cc1cccc(C)c1NC(=O)CNC(=O)[C@@H](C)N[C@H](C)c1ccc(F)cc1. The second kappa shape index (κ2) is 9.28. The van der Waals surface area contributed by atoms with Gasteiger partial charge in [0.15, 0.2) is 0 Å². The van der Waals surface area contributed by atoms with Crippen LogP contribution in [0.2, 0.25) is 0 Å². The lowest BCUT2D eigenvalue weighted by molar-refractivity contribution is -0.125. The largest absolute Gasteiger partial charge is 0.346 e. The van der Waals surface area contributed by atoms with Crippen LogP contribution in [0, 0.1) is 19.7 Å². The minimum atomic E-state index is -0.502. The first-order valence-electron chi connectivity index (χ1n) is 8.93. The average molecular weight is 371 g/mol. The Morgan fingerprint density at radius 3 is 2.19 bits per heavy atom. The third-order valence-corrected chi connectivity index (χ3v) is 4.43. The molecule has 0 aliphatic carbocycles. The fourth-order valence-electron chi connectivity index (χ4n) is 2.81. The number of aryl methyl sites for hydroxylation is 2. The van der Waals surface area contributed by atoms with E-state index >= 15 is 0 Å². The molecule has 2 aromatic carbocycles. The van der Waals surface area contributed by atoms with Crippen molar-refractivity contribution in [1.82, 2.24) is 10.6 Å². The zero-order chi connectivity index (χ0) is 20.0. The predicted molar refractivity (Wildman–Crippen MR) is 105 cm³/mol. The monoisotopic (exact) mass is 371 g/mol. The number of hydrogen-bond donors (Lipinski definition) is 3. The van der Waals surface area contributed by atoms with Gasteiger partial charge in [-0.3, -0.25) is 14.9 Å². The highest BCUT2D eigenvalue weighted by atomic mass is 19.1. The van der Waals surface area contributed by atoms with E-state index in [4.69, 9.17) is 0 Å². The van der Waals surface area contributed by atoms with Crippen LogP contribution in [0.25, 0.3) is 0 Å². The van der Waals surface area contributed by atoms with Gasteiger partial charge >= 0.3 is 0 Å². The smallest absolute Gasteiger partial charge is 0.243 e. The molecule has 5 nitrogen and oxygen atoms in total. The molecule has 0 saturated heterocycles. The molecule has 0 spiro atoms. The average Bonchev–Trinajstić information content (AvgIpc) is 2.63. The van der Waals surface area contributed by atoms with Gasteiger partial charge in [-0.15, -0.1) is 0 Å². The number of rotatable bonds is 7. The van der Waals surface area contributed by atoms with E-state index in [0.29, 0.717) is 0 Å². The summed E-state index contributed by atoms with van der Waals surface area (Å²) in [4.78, 5) is 24.4. The second-order valence-electron chi connectivity index (χ2n) is 6.69. The van der Waals surface area contributed by atoms with Crippen molar-refractivity contribution < 1.29 is 14.0 Å². The quantitative estimate of drug-likeness (QED) is 0.700. The van der Waals surface area contributed by atoms with Gasteiger partial charge in [0, 0.05) is 11.7 Å². The van der Waals surface area contributed by atoms with E-state index < -0.39 is 6.04 Å². The molecule has 0 saturated carbocycles. The van der Waals surface area contributed by atoms with Crippen LogP contribution in [-0.2, 0) is 9.59 Å². The number of hydrogen-bond acceptors (Lipinski definition) is 3. The predicted octanol–water partition coefficient (Wildman–Crippen LogP) is 3.24. The van der Waals surface area contributed by atoms with Crippen molar-refractivity contribution in [1.29, 1.82) is 0 Å². The van der Waals surface area contributed by atoms with E-state index in [9.17, 15) is 14.0 Å². The molecule has 0 aliphatic rings. The highest BCUT2D eigenvalue weighted by Gasteiger charge is 2.17. The number of nitrogens with one attached hydrogen (secondary N) is 3. The molecule has 2 amide bonds. The first-order valence-corrected chi connectivity index (χ1v) is 8.93. The summed E-state index contributed by atoms with van der Waals surface area (Å²) in [6, 6.07) is 11.3. The lowest BCUT2D eigenvalue weighted by Gasteiger charge is -2.20. The van der Waals surface area contributed by atoms with Crippen LogP contribution >= 0.6 is 0 Å². The van der Waals surface area contributed by atoms with Crippen molar-refractivity contribution in [3.05, 3.63) is 65.0 Å². The molecule has 0 radical (unpaired) electrons. The first kappa shape index (κ1) is 20.6. The molecule has 144 valence electrons. The summed E-state index contributed by atoms with van der Waals surface area (Å²) in [5, 5.41) is 8.61. The Hall–Kier alpha value is -2.73. The molecule has 2 aromatic rings. The number of benzene rings is 2. The van der Waals surface area contributed by atoms with Gasteiger partial charge in [-0.2, -0.15) is 0 Å². The number of para-hydroxylation sites is 1. The summed E-state index contributed by atoms with van der Waals surface area (Å²) >= 11 is 0. The van der Waals surface area contributed by atoms with E-state index in [2.05, 4.69) is 16.0 Å². The van der Waals surface area contributed by atoms with E-state index in [1.54, 1.807) is 19.1 Å². The summed E-state index contributed by atoms with van der Waals surface area (Å²) < 4.78 is 13.0. The van der Waals surface area contributed by atoms with Crippen LogP contribution in [-0.4, -0.2) is 24.4 Å². The number of carbonyl (C=O) groups is 2. The van der Waals surface area contributed by atoms with Crippen molar-refractivity contribution in [2.75, 3.05) is 11.9 Å². The molecule has 27 heavy (non-hydrogen) atoms. The van der Waals surface area contributed by atoms with Gasteiger partial charge in [0.2, 0.25) is 11.8 Å². The Bertz CT molecular complexity index is 785. The molecular formula is C21H26FN3O2. The van der Waals surface area contributed by atoms with Gasteiger partial charge in [-0.05, 0) is 56.5 Å². The standard InChI is InChI=1S/C21H26FN3O2/c1-13-6-5-7-14(2)20(13)25-19(26)12-23-21(27)16(4)24-15(3)17-8-10-18(22)11-9-17/h5-11,15-16,24H,12H2,1-4H3,(H,23,27)(H,25,26)/t15-,16-/m1/s1. The van der Waals surface area contributed by atoms with Crippen molar-refractivity contribution in [2.45, 2.75) is 39.8 Å². The summed E-state index contributed by atoms with van der Waals surface area (Å²) in [5.41, 5.74) is 3.59. The number of amides is 2. The minimum absolute atomic E-state index is 0.108. The van der Waals surface area contributed by atoms with Gasteiger partial charge in [-0.1, -0.05) is 30.3 Å². The van der Waals surface area contributed by atoms with Crippen LogP contribution in [0.15, 0.2) is 42.5 Å². The number of halogens is 1. The Balaban J connectivity index is 1.83. The minimum Gasteiger partial charge on any atom is -0.346 e. The van der Waals surface area contributed by atoms with Crippen LogP contribution in [0.1, 0.15) is 36.6 Å². The van der Waals surface area contributed by atoms with E-state index in [1.807, 2.05) is 39.0 Å². The Kier molecular flexibility index (Phi) is 7.07. The zero-order valence-electron chi connectivity index (χ0n) is 16.1. The molecule has 0 unspecified atom stereocenters. The van der Waals surface area contributed by atoms with Gasteiger partial charge in [0.1, 0.15) is 5.82 Å². The van der Waals surface area contributed by atoms with Crippen molar-refractivity contribution in [3.8, 4) is 0 Å². The van der Waals surface area contributed by atoms with Crippen LogP contribution in [0.5, 0.6) is 0 Å². The highest BCUT2D eigenvalue weighted by molar-refractivity contribution is 5.96. The molecule has 3 N–H and O–H groups in total. The van der Waals surface area contributed by atoms with E-state index in [1.165, 1.54) is 12.1 Å². The highest BCUT2D eigenvalue weighted by Crippen LogP contribution is 2.19. The van der Waals surface area contributed by atoms with E-state index in [0.717, 1.165) is 22.4 Å². The molecule has 0 bridgehead atoms. The molecule has 0 aliphatic heterocycles. The summed E-state index contributed by atoms with van der Waals surface area (Å²) in [6.07, 6.45) is 0. The zero-order valence-corrected chi connectivity index (χ0v) is 16.1. The van der Waals surface area contributed by atoms with Crippen LogP contribution in [0.4, 0.5) is 10.1 Å². The Morgan fingerprint density at radius 2 is 1.59 bits per heavy atom. The topological polar surface area (TPSA) is 70.2 Å². The molecule has 0 fully saturated rings. The van der Waals surface area contributed by atoms with Crippen molar-refractivity contribution in [2.24, 2.45) is 0 Å². The fourth-order valence-corrected chi connectivity index (χ4v) is 2.81. The first-order chi connectivity index (χ1) is 12.8. The third kappa shape index (κ3) is 5.89. The lowest BCUT2D eigenvalue weighted by Crippen LogP contribution is -2.45. The van der Waals surface area contributed by atoms with Gasteiger partial charge < -0.3 is 10.6 Å². The van der Waals surface area contributed by atoms with Crippen LogP contribution < -0.4 is 16.0 Å². The maximum Gasteiger partial charge on any atom is 0.243 e. The van der Waals surface area contributed by atoms with E-state index in [-0.39, 0.29) is 30.2 Å². The maximum atomic E-state index is 13.0. The summed E-state index contributed by atoms with van der Waals surface area (Å²) in [6.45, 7) is 7.35. The number of carbonyl (C=O) groups excluding carboxylic acids is 2. The maximum absolute atomic E-state index is 13.0. The van der Waals surface area contributed by atoms with Crippen LogP contribution in [0.3, 0.4) is 0 Å². The third-order valence-electron chi connectivity index (χ3n) is 4.43. The van der Waals surface area contributed by atoms with Gasteiger partial charge in [0.05, 0.1) is 12.6 Å². The molecule has 0 heterocycles. The Labute approximate surface area is 159 Å². The Morgan fingerprint density at radius 1 is 1.00 bits per heavy atom. The number of anilines is 1. The van der Waals surface area contributed by atoms with Gasteiger partial charge in [-0.25, -0.2) is 4.39 Å².